The minimum atomic E-state index is -0.236. The third-order valence-corrected chi connectivity index (χ3v) is 2.81. The van der Waals surface area contributed by atoms with E-state index >= 15 is 0 Å². The predicted molar refractivity (Wildman–Crippen MR) is 79.6 cm³/mol. The molecule has 21 heavy (non-hydrogen) atoms. The Hall–Kier alpha value is -2.51. The molecule has 108 valence electrons. The summed E-state index contributed by atoms with van der Waals surface area (Å²) in [4.78, 5) is 11.9. The molecule has 0 fully saturated rings. The second kappa shape index (κ2) is 7.32. The van der Waals surface area contributed by atoms with E-state index in [0.717, 1.165) is 11.1 Å². The summed E-state index contributed by atoms with van der Waals surface area (Å²) in [6, 6.07) is 11.0. The molecule has 0 unspecified atom stereocenters. The molecule has 0 aliphatic carbocycles. The first-order valence-corrected chi connectivity index (χ1v) is 6.72. The molecule has 1 aromatic carbocycles. The van der Waals surface area contributed by atoms with Crippen molar-refractivity contribution >= 4 is 5.91 Å². The predicted octanol–water partition coefficient (Wildman–Crippen LogP) is 2.25. The quantitative estimate of drug-likeness (QED) is 0.846. The number of aliphatic hydroxyl groups excluding tert-OH is 1. The third-order valence-electron chi connectivity index (χ3n) is 2.81. The lowest BCUT2D eigenvalue weighted by Gasteiger charge is -2.04. The fourth-order valence-corrected chi connectivity index (χ4v) is 1.81. The lowest BCUT2D eigenvalue weighted by atomic mass is 10.1. The topological polar surface area (TPSA) is 62.5 Å². The van der Waals surface area contributed by atoms with Gasteiger partial charge in [-0.3, -0.25) is 4.79 Å². The van der Waals surface area contributed by atoms with Gasteiger partial charge >= 0.3 is 0 Å². The molecule has 1 amide bonds. The van der Waals surface area contributed by atoms with E-state index in [1.54, 1.807) is 19.1 Å². The second-order valence-electron chi connectivity index (χ2n) is 4.57. The van der Waals surface area contributed by atoms with Crippen LogP contribution < -0.4 is 5.32 Å². The normalized spacial score (nSPS) is 9.81. The Kier molecular flexibility index (Phi) is 5.19. The van der Waals surface area contributed by atoms with Crippen LogP contribution in [0.15, 0.2) is 40.8 Å². The number of aliphatic hydroxyl groups is 1. The molecule has 4 heteroatoms. The van der Waals surface area contributed by atoms with Crippen LogP contribution in [0.1, 0.15) is 33.9 Å². The molecule has 2 aromatic rings. The Bertz CT molecular complexity index is 677. The van der Waals surface area contributed by atoms with Crippen molar-refractivity contribution in [3.8, 4) is 11.8 Å². The smallest absolute Gasteiger partial charge is 0.287 e. The van der Waals surface area contributed by atoms with Crippen LogP contribution in [0.25, 0.3) is 0 Å². The van der Waals surface area contributed by atoms with Crippen LogP contribution in [-0.4, -0.2) is 17.6 Å². The molecule has 1 aromatic heterocycles. The molecule has 0 saturated carbocycles. The molecule has 0 bridgehead atoms. The van der Waals surface area contributed by atoms with Crippen molar-refractivity contribution < 1.29 is 14.3 Å². The van der Waals surface area contributed by atoms with Crippen molar-refractivity contribution in [1.82, 2.24) is 5.32 Å². The third kappa shape index (κ3) is 4.51. The van der Waals surface area contributed by atoms with E-state index in [4.69, 9.17) is 9.52 Å². The average Bonchev–Trinajstić information content (AvgIpc) is 2.92. The van der Waals surface area contributed by atoms with Gasteiger partial charge in [0.25, 0.3) is 5.91 Å². The van der Waals surface area contributed by atoms with Crippen molar-refractivity contribution in [2.45, 2.75) is 19.9 Å². The van der Waals surface area contributed by atoms with Gasteiger partial charge in [0.05, 0.1) is 6.61 Å². The average molecular weight is 283 g/mol. The number of benzene rings is 1. The number of hydrogen-bond acceptors (Lipinski definition) is 3. The van der Waals surface area contributed by atoms with E-state index in [1.807, 2.05) is 24.3 Å². The van der Waals surface area contributed by atoms with Gasteiger partial charge in [-0.25, -0.2) is 0 Å². The maximum atomic E-state index is 11.9. The van der Waals surface area contributed by atoms with E-state index in [1.165, 1.54) is 0 Å². The van der Waals surface area contributed by atoms with E-state index in [9.17, 15) is 4.79 Å². The highest BCUT2D eigenvalue weighted by Gasteiger charge is 2.09. The molecule has 1 heterocycles. The number of carbonyl (C=O) groups excluding carboxylic acids is 1. The minimum Gasteiger partial charge on any atom is -0.456 e. The number of furan rings is 1. The Morgan fingerprint density at radius 2 is 2.19 bits per heavy atom. The first-order chi connectivity index (χ1) is 10.2. The van der Waals surface area contributed by atoms with Gasteiger partial charge in [0.15, 0.2) is 5.76 Å². The monoisotopic (exact) mass is 283 g/mol. The first kappa shape index (κ1) is 14.9. The largest absolute Gasteiger partial charge is 0.456 e. The van der Waals surface area contributed by atoms with Gasteiger partial charge in [-0.05, 0) is 36.8 Å². The van der Waals surface area contributed by atoms with Crippen molar-refractivity contribution in [1.29, 1.82) is 0 Å². The highest BCUT2D eigenvalue weighted by atomic mass is 16.3. The molecular weight excluding hydrogens is 266 g/mol. The summed E-state index contributed by atoms with van der Waals surface area (Å²) in [6.45, 7) is 2.27. The van der Waals surface area contributed by atoms with Crippen LogP contribution in [0.4, 0.5) is 0 Å². The number of rotatable bonds is 4. The number of aryl methyl sites for hydroxylation is 1. The van der Waals surface area contributed by atoms with Gasteiger partial charge in [0.2, 0.25) is 0 Å². The molecule has 0 spiro atoms. The second-order valence-corrected chi connectivity index (χ2v) is 4.57. The maximum absolute atomic E-state index is 11.9. The number of hydrogen-bond donors (Lipinski definition) is 2. The number of nitrogens with one attached hydrogen (secondary N) is 1. The Morgan fingerprint density at radius 1 is 1.33 bits per heavy atom. The van der Waals surface area contributed by atoms with E-state index < -0.39 is 0 Å². The summed E-state index contributed by atoms with van der Waals surface area (Å²) >= 11 is 0. The summed E-state index contributed by atoms with van der Waals surface area (Å²) in [6.07, 6.45) is 0.457. The molecule has 2 N–H and O–H groups in total. The first-order valence-electron chi connectivity index (χ1n) is 6.72. The van der Waals surface area contributed by atoms with Gasteiger partial charge < -0.3 is 14.8 Å². The fourth-order valence-electron chi connectivity index (χ4n) is 1.81. The lowest BCUT2D eigenvalue weighted by molar-refractivity contribution is 0.0922. The molecule has 4 nitrogen and oxygen atoms in total. The highest BCUT2D eigenvalue weighted by Crippen LogP contribution is 2.07. The van der Waals surface area contributed by atoms with Gasteiger partial charge in [-0.1, -0.05) is 24.0 Å². The van der Waals surface area contributed by atoms with Crippen molar-refractivity contribution in [3.05, 3.63) is 59.0 Å². The van der Waals surface area contributed by atoms with Crippen LogP contribution in [0.5, 0.6) is 0 Å². The van der Waals surface area contributed by atoms with Crippen LogP contribution in [0.3, 0.4) is 0 Å². The zero-order valence-corrected chi connectivity index (χ0v) is 11.8. The number of amides is 1. The summed E-state index contributed by atoms with van der Waals surface area (Å²) in [7, 11) is 0. The standard InChI is InChI=1S/C17H17NO3/c1-13-8-9-16(21-13)17(20)18-12-15-7-4-6-14(11-15)5-2-3-10-19/h4,6-9,11,19H,3,10,12H2,1H3,(H,18,20). The molecule has 0 atom stereocenters. The zero-order valence-electron chi connectivity index (χ0n) is 11.8. The molecular formula is C17H17NO3. The molecule has 0 aliphatic rings. The summed E-state index contributed by atoms with van der Waals surface area (Å²) in [5.74, 6) is 6.62. The van der Waals surface area contributed by atoms with Crippen molar-refractivity contribution in [2.24, 2.45) is 0 Å². The number of carbonyl (C=O) groups is 1. The van der Waals surface area contributed by atoms with Gasteiger partial charge in [0.1, 0.15) is 5.76 Å². The van der Waals surface area contributed by atoms with E-state index in [2.05, 4.69) is 17.2 Å². The van der Waals surface area contributed by atoms with Crippen molar-refractivity contribution in [3.63, 3.8) is 0 Å². The van der Waals surface area contributed by atoms with E-state index in [-0.39, 0.29) is 12.5 Å². The van der Waals surface area contributed by atoms with Gasteiger partial charge in [-0.15, -0.1) is 0 Å². The molecule has 0 aliphatic heterocycles. The van der Waals surface area contributed by atoms with Crippen LogP contribution >= 0.6 is 0 Å². The Balaban J connectivity index is 1.96. The maximum Gasteiger partial charge on any atom is 0.287 e. The van der Waals surface area contributed by atoms with Crippen LogP contribution in [0, 0.1) is 18.8 Å². The minimum absolute atomic E-state index is 0.0608. The summed E-state index contributed by atoms with van der Waals surface area (Å²) < 4.78 is 5.26. The molecule has 2 rings (SSSR count). The summed E-state index contributed by atoms with van der Waals surface area (Å²) in [5, 5.41) is 11.5. The Labute approximate surface area is 123 Å². The molecule has 0 radical (unpaired) electrons. The highest BCUT2D eigenvalue weighted by molar-refractivity contribution is 5.91. The van der Waals surface area contributed by atoms with Crippen molar-refractivity contribution in [2.75, 3.05) is 6.61 Å². The van der Waals surface area contributed by atoms with Gasteiger partial charge in [0, 0.05) is 18.5 Å². The lowest BCUT2D eigenvalue weighted by Crippen LogP contribution is -2.22. The summed E-state index contributed by atoms with van der Waals surface area (Å²) in [5.41, 5.74) is 1.83. The fraction of sp³-hybridized carbons (Fsp3) is 0.235. The SMILES string of the molecule is Cc1ccc(C(=O)NCc2cccc(C#CCCO)c2)o1. The van der Waals surface area contributed by atoms with Gasteiger partial charge in [-0.2, -0.15) is 0 Å². The Morgan fingerprint density at radius 3 is 2.90 bits per heavy atom. The van der Waals surface area contributed by atoms with Crippen LogP contribution in [-0.2, 0) is 6.54 Å². The zero-order chi connectivity index (χ0) is 15.1. The molecule has 0 saturated heterocycles. The van der Waals surface area contributed by atoms with Crippen LogP contribution in [0.2, 0.25) is 0 Å². The van der Waals surface area contributed by atoms with E-state index in [0.29, 0.717) is 24.5 Å².